The summed E-state index contributed by atoms with van der Waals surface area (Å²) in [4.78, 5) is 12.1. The van der Waals surface area contributed by atoms with Crippen molar-refractivity contribution in [3.63, 3.8) is 0 Å². The molecule has 1 N–H and O–H groups in total. The molecule has 3 rings (SSSR count). The highest BCUT2D eigenvalue weighted by Gasteiger charge is 2.12. The summed E-state index contributed by atoms with van der Waals surface area (Å²) >= 11 is 2.85. The molecule has 30 heavy (non-hydrogen) atoms. The Hall–Kier alpha value is -2.63. The molecule has 0 aliphatic heterocycles. The van der Waals surface area contributed by atoms with Gasteiger partial charge in [0.2, 0.25) is 15.2 Å². The highest BCUT2D eigenvalue weighted by Crippen LogP contribution is 2.28. The lowest BCUT2D eigenvalue weighted by Gasteiger charge is -2.16. The molecule has 0 bridgehead atoms. The second-order valence-corrected chi connectivity index (χ2v) is 10.4. The van der Waals surface area contributed by atoms with Gasteiger partial charge in [0.15, 0.2) is 10.9 Å². The van der Waals surface area contributed by atoms with E-state index in [0.717, 1.165) is 20.7 Å². The van der Waals surface area contributed by atoms with Gasteiger partial charge >= 0.3 is 0 Å². The van der Waals surface area contributed by atoms with E-state index in [1.165, 1.54) is 23.9 Å². The Kier molecular flexibility index (Phi) is 7.29. The van der Waals surface area contributed by atoms with E-state index >= 15 is 0 Å². The molecule has 1 heterocycles. The Morgan fingerprint density at radius 3 is 2.50 bits per heavy atom. The van der Waals surface area contributed by atoms with Crippen LogP contribution in [0.15, 0.2) is 58.9 Å². The van der Waals surface area contributed by atoms with Crippen molar-refractivity contribution in [2.45, 2.75) is 10.1 Å². The second-order valence-electron chi connectivity index (χ2n) is 6.21. The number of carbonyl (C=O) groups is 1. The number of carbonyl (C=O) groups excluding carboxylic acids is 1. The summed E-state index contributed by atoms with van der Waals surface area (Å²) in [5.41, 5.74) is 1.69. The maximum Gasteiger partial charge on any atom is 0.264 e. The number of sulfonamides is 1. The first kappa shape index (κ1) is 22.1. The number of thioether (sulfide) groups is 1. The molecule has 11 heteroatoms. The molecule has 0 saturated heterocycles. The molecule has 0 atom stereocenters. The molecule has 0 saturated carbocycles. The number of benzene rings is 2. The summed E-state index contributed by atoms with van der Waals surface area (Å²) in [6.07, 6.45) is 1.13. The normalized spacial score (nSPS) is 11.1. The highest BCUT2D eigenvalue weighted by atomic mass is 32.2. The third-order valence-electron chi connectivity index (χ3n) is 3.93. The van der Waals surface area contributed by atoms with Crippen molar-refractivity contribution in [1.29, 1.82) is 0 Å². The molecule has 0 radical (unpaired) electrons. The summed E-state index contributed by atoms with van der Waals surface area (Å²) in [7, 11) is -1.87. The van der Waals surface area contributed by atoms with E-state index < -0.39 is 10.0 Å². The molecule has 0 unspecified atom stereocenters. The van der Waals surface area contributed by atoms with Crippen molar-refractivity contribution in [3.8, 4) is 5.75 Å². The van der Waals surface area contributed by atoms with Gasteiger partial charge in [-0.1, -0.05) is 53.4 Å². The van der Waals surface area contributed by atoms with Crippen LogP contribution in [0.1, 0.15) is 5.56 Å². The first-order valence-corrected chi connectivity index (χ1v) is 12.4. The fourth-order valence-corrected chi connectivity index (χ4v) is 4.51. The second kappa shape index (κ2) is 9.92. The average Bonchev–Trinajstić information content (AvgIpc) is 3.18. The quantitative estimate of drug-likeness (QED) is 0.383. The summed E-state index contributed by atoms with van der Waals surface area (Å²) in [5.74, 6) is 0.868. The zero-order valence-corrected chi connectivity index (χ0v) is 18.8. The van der Waals surface area contributed by atoms with Gasteiger partial charge in [-0.2, -0.15) is 0 Å². The van der Waals surface area contributed by atoms with Gasteiger partial charge < -0.3 is 4.74 Å². The largest absolute Gasteiger partial charge is 0.484 e. The van der Waals surface area contributed by atoms with Gasteiger partial charge in [-0.05, 0) is 29.8 Å². The third-order valence-corrected chi connectivity index (χ3v) is 7.17. The number of amides is 1. The van der Waals surface area contributed by atoms with Gasteiger partial charge in [0.25, 0.3) is 5.91 Å². The fraction of sp³-hybridized carbons (Fsp3) is 0.211. The van der Waals surface area contributed by atoms with Crippen molar-refractivity contribution < 1.29 is 17.9 Å². The summed E-state index contributed by atoms with van der Waals surface area (Å²) in [6.45, 7) is -0.201. The molecule has 1 amide bonds. The van der Waals surface area contributed by atoms with E-state index in [1.807, 2.05) is 30.3 Å². The Morgan fingerprint density at radius 1 is 1.13 bits per heavy atom. The van der Waals surface area contributed by atoms with E-state index in [4.69, 9.17) is 4.74 Å². The zero-order chi connectivity index (χ0) is 21.6. The van der Waals surface area contributed by atoms with Crippen molar-refractivity contribution in [2.75, 3.05) is 29.5 Å². The van der Waals surface area contributed by atoms with Crippen LogP contribution in [0.5, 0.6) is 5.75 Å². The maximum atomic E-state index is 12.1. The van der Waals surface area contributed by atoms with Gasteiger partial charge in [0.05, 0.1) is 11.9 Å². The van der Waals surface area contributed by atoms with E-state index in [9.17, 15) is 13.2 Å². The SMILES string of the molecule is CN(c1ccc(OCC(=O)Nc2nnc(SCc3ccccc3)s2)cc1)S(C)(=O)=O. The molecule has 1 aromatic heterocycles. The van der Waals surface area contributed by atoms with E-state index in [-0.39, 0.29) is 12.5 Å². The standard InChI is InChI=1S/C19H20N4O4S3/c1-23(30(2,25)26)15-8-10-16(11-9-15)27-12-17(24)20-18-21-22-19(29-18)28-13-14-6-4-3-5-7-14/h3-11H,12-13H2,1-2H3,(H,20,21,24). The summed E-state index contributed by atoms with van der Waals surface area (Å²) in [5, 5.41) is 11.1. The molecule has 0 fully saturated rings. The van der Waals surface area contributed by atoms with Crippen LogP contribution in [0.3, 0.4) is 0 Å². The molecular weight excluding hydrogens is 444 g/mol. The van der Waals surface area contributed by atoms with Crippen LogP contribution in [0, 0.1) is 0 Å². The van der Waals surface area contributed by atoms with E-state index in [2.05, 4.69) is 15.5 Å². The number of hydrogen-bond donors (Lipinski definition) is 1. The number of hydrogen-bond acceptors (Lipinski definition) is 8. The predicted octanol–water partition coefficient (Wildman–Crippen LogP) is 3.24. The average molecular weight is 465 g/mol. The first-order valence-electron chi connectivity index (χ1n) is 8.78. The van der Waals surface area contributed by atoms with Crippen LogP contribution in [0.25, 0.3) is 0 Å². The van der Waals surface area contributed by atoms with Crippen LogP contribution < -0.4 is 14.4 Å². The van der Waals surface area contributed by atoms with Gasteiger partial charge in [-0.25, -0.2) is 8.42 Å². The minimum Gasteiger partial charge on any atom is -0.484 e. The Balaban J connectivity index is 1.46. The van der Waals surface area contributed by atoms with Crippen molar-refractivity contribution in [2.24, 2.45) is 0 Å². The number of ether oxygens (including phenoxy) is 1. The number of rotatable bonds is 9. The molecule has 2 aromatic carbocycles. The topological polar surface area (TPSA) is 101 Å². The zero-order valence-electron chi connectivity index (χ0n) is 16.3. The van der Waals surface area contributed by atoms with Gasteiger partial charge in [-0.3, -0.25) is 14.4 Å². The molecule has 158 valence electrons. The Bertz CT molecular complexity index is 1090. The number of anilines is 2. The number of nitrogens with one attached hydrogen (secondary N) is 1. The highest BCUT2D eigenvalue weighted by molar-refractivity contribution is 8.00. The molecular formula is C19H20N4O4S3. The van der Waals surface area contributed by atoms with Crippen molar-refractivity contribution >= 4 is 49.8 Å². The molecule has 0 aliphatic carbocycles. The third kappa shape index (κ3) is 6.44. The lowest BCUT2D eigenvalue weighted by atomic mass is 10.2. The maximum absolute atomic E-state index is 12.1. The Labute approximate surface area is 183 Å². The summed E-state index contributed by atoms with van der Waals surface area (Å²) < 4.78 is 30.5. The van der Waals surface area contributed by atoms with Crippen LogP contribution >= 0.6 is 23.1 Å². The lowest BCUT2D eigenvalue weighted by molar-refractivity contribution is -0.118. The van der Waals surface area contributed by atoms with Crippen LogP contribution in [0.4, 0.5) is 10.8 Å². The molecule has 0 aliphatic rings. The Morgan fingerprint density at radius 2 is 1.83 bits per heavy atom. The predicted molar refractivity (Wildman–Crippen MR) is 120 cm³/mol. The van der Waals surface area contributed by atoms with Crippen LogP contribution in [-0.2, 0) is 20.6 Å². The van der Waals surface area contributed by atoms with Gasteiger partial charge in [0.1, 0.15) is 5.75 Å². The molecule has 0 spiro atoms. The fourth-order valence-electron chi connectivity index (χ4n) is 2.29. The van der Waals surface area contributed by atoms with Crippen LogP contribution in [-0.4, -0.2) is 44.4 Å². The molecule has 3 aromatic rings. The van der Waals surface area contributed by atoms with E-state index in [1.54, 1.807) is 36.0 Å². The monoisotopic (exact) mass is 464 g/mol. The van der Waals surface area contributed by atoms with Crippen molar-refractivity contribution in [3.05, 3.63) is 60.2 Å². The van der Waals surface area contributed by atoms with Crippen LogP contribution in [0.2, 0.25) is 0 Å². The minimum absolute atomic E-state index is 0.201. The molecule has 8 nitrogen and oxygen atoms in total. The number of nitrogens with zero attached hydrogens (tertiary/aromatic N) is 3. The minimum atomic E-state index is -3.33. The van der Waals surface area contributed by atoms with Gasteiger partial charge in [-0.15, -0.1) is 10.2 Å². The van der Waals surface area contributed by atoms with E-state index in [0.29, 0.717) is 16.6 Å². The van der Waals surface area contributed by atoms with Gasteiger partial charge in [0, 0.05) is 12.8 Å². The summed E-state index contributed by atoms with van der Waals surface area (Å²) in [6, 6.07) is 16.4. The first-order chi connectivity index (χ1) is 14.3. The number of aromatic nitrogens is 2. The van der Waals surface area contributed by atoms with Crippen molar-refractivity contribution in [1.82, 2.24) is 10.2 Å². The lowest BCUT2D eigenvalue weighted by Crippen LogP contribution is -2.24. The smallest absolute Gasteiger partial charge is 0.264 e.